The van der Waals surface area contributed by atoms with Crippen molar-refractivity contribution in [2.45, 2.75) is 0 Å². The topological polar surface area (TPSA) is 69.2 Å². The van der Waals surface area contributed by atoms with E-state index in [2.05, 4.69) is 0 Å². The standard InChI is InChI=1S/C12H10N2O2/c13-10-6-7-12(14(15)16)11(8-10)9-4-2-1-3-5-9/h1-8H,13H2. The fourth-order valence-corrected chi connectivity index (χ4v) is 1.56. The molecule has 2 aromatic rings. The van der Waals surface area contributed by atoms with Crippen molar-refractivity contribution in [1.29, 1.82) is 0 Å². The molecule has 0 unspecified atom stereocenters. The van der Waals surface area contributed by atoms with E-state index < -0.39 is 4.92 Å². The van der Waals surface area contributed by atoms with Gasteiger partial charge in [0.1, 0.15) is 0 Å². The van der Waals surface area contributed by atoms with Gasteiger partial charge in [-0.15, -0.1) is 0 Å². The van der Waals surface area contributed by atoms with E-state index in [1.54, 1.807) is 6.07 Å². The van der Waals surface area contributed by atoms with Crippen LogP contribution in [0.15, 0.2) is 48.5 Å². The Kier molecular flexibility index (Phi) is 2.55. The van der Waals surface area contributed by atoms with Gasteiger partial charge in [0.05, 0.1) is 10.5 Å². The zero-order valence-electron chi connectivity index (χ0n) is 8.46. The van der Waals surface area contributed by atoms with Gasteiger partial charge in [0.15, 0.2) is 0 Å². The van der Waals surface area contributed by atoms with Crippen molar-refractivity contribution < 1.29 is 4.92 Å². The number of nitro groups is 1. The molecule has 0 aliphatic heterocycles. The van der Waals surface area contributed by atoms with E-state index in [1.807, 2.05) is 30.3 Å². The second-order valence-corrected chi connectivity index (χ2v) is 3.40. The van der Waals surface area contributed by atoms with Crippen LogP contribution in [0.2, 0.25) is 0 Å². The highest BCUT2D eigenvalue weighted by atomic mass is 16.6. The third-order valence-electron chi connectivity index (χ3n) is 2.30. The summed E-state index contributed by atoms with van der Waals surface area (Å²) in [6.07, 6.45) is 0. The predicted octanol–water partition coefficient (Wildman–Crippen LogP) is 2.84. The zero-order chi connectivity index (χ0) is 11.5. The molecular formula is C12H10N2O2. The monoisotopic (exact) mass is 214 g/mol. The van der Waals surface area contributed by atoms with Gasteiger partial charge in [-0.25, -0.2) is 0 Å². The van der Waals surface area contributed by atoms with Gasteiger partial charge in [0.2, 0.25) is 0 Å². The first kappa shape index (κ1) is 10.2. The number of nitrogen functional groups attached to an aromatic ring is 1. The quantitative estimate of drug-likeness (QED) is 0.474. The second-order valence-electron chi connectivity index (χ2n) is 3.40. The van der Waals surface area contributed by atoms with Crippen LogP contribution in [-0.2, 0) is 0 Å². The number of rotatable bonds is 2. The van der Waals surface area contributed by atoms with Gasteiger partial charge in [-0.2, -0.15) is 0 Å². The van der Waals surface area contributed by atoms with Gasteiger partial charge >= 0.3 is 0 Å². The van der Waals surface area contributed by atoms with Gasteiger partial charge in [0, 0.05) is 11.8 Å². The lowest BCUT2D eigenvalue weighted by atomic mass is 10.0. The number of hydrogen-bond acceptors (Lipinski definition) is 3. The fourth-order valence-electron chi connectivity index (χ4n) is 1.56. The molecular weight excluding hydrogens is 204 g/mol. The molecule has 2 rings (SSSR count). The molecule has 0 atom stereocenters. The minimum Gasteiger partial charge on any atom is -0.399 e. The lowest BCUT2D eigenvalue weighted by Gasteiger charge is -2.03. The van der Waals surface area contributed by atoms with Crippen LogP contribution in [0.1, 0.15) is 0 Å². The van der Waals surface area contributed by atoms with Crippen molar-refractivity contribution in [3.63, 3.8) is 0 Å². The molecule has 0 amide bonds. The molecule has 80 valence electrons. The maximum atomic E-state index is 10.9. The third kappa shape index (κ3) is 1.86. The highest BCUT2D eigenvalue weighted by molar-refractivity contribution is 5.76. The molecule has 0 fully saturated rings. The van der Waals surface area contributed by atoms with Crippen molar-refractivity contribution >= 4 is 11.4 Å². The first-order valence-corrected chi connectivity index (χ1v) is 4.78. The molecule has 4 nitrogen and oxygen atoms in total. The van der Waals surface area contributed by atoms with Crippen LogP contribution in [0.5, 0.6) is 0 Å². The molecule has 16 heavy (non-hydrogen) atoms. The molecule has 0 bridgehead atoms. The third-order valence-corrected chi connectivity index (χ3v) is 2.30. The molecule has 0 radical (unpaired) electrons. The van der Waals surface area contributed by atoms with Crippen LogP contribution in [0.4, 0.5) is 11.4 Å². The zero-order valence-corrected chi connectivity index (χ0v) is 8.46. The van der Waals surface area contributed by atoms with Crippen LogP contribution >= 0.6 is 0 Å². The summed E-state index contributed by atoms with van der Waals surface area (Å²) < 4.78 is 0. The van der Waals surface area contributed by atoms with Crippen LogP contribution < -0.4 is 5.73 Å². The maximum Gasteiger partial charge on any atom is 0.277 e. The van der Waals surface area contributed by atoms with Gasteiger partial charge in [-0.3, -0.25) is 10.1 Å². The Morgan fingerprint density at radius 1 is 1.06 bits per heavy atom. The first-order valence-electron chi connectivity index (χ1n) is 4.78. The molecule has 0 spiro atoms. The summed E-state index contributed by atoms with van der Waals surface area (Å²) in [7, 11) is 0. The molecule has 0 aliphatic rings. The van der Waals surface area contributed by atoms with Gasteiger partial charge in [-0.1, -0.05) is 30.3 Å². The molecule has 0 aromatic heterocycles. The molecule has 0 aliphatic carbocycles. The predicted molar refractivity (Wildman–Crippen MR) is 62.9 cm³/mol. The molecule has 0 saturated heterocycles. The Bertz CT molecular complexity index is 524. The average Bonchev–Trinajstić information content (AvgIpc) is 2.29. The van der Waals surface area contributed by atoms with E-state index in [0.717, 1.165) is 5.56 Å². The SMILES string of the molecule is Nc1ccc([N+](=O)[O-])c(-c2ccccc2)c1. The normalized spacial score (nSPS) is 10.0. The van der Waals surface area contributed by atoms with E-state index in [9.17, 15) is 10.1 Å². The summed E-state index contributed by atoms with van der Waals surface area (Å²) in [4.78, 5) is 10.5. The average molecular weight is 214 g/mol. The number of anilines is 1. The Balaban J connectivity index is 2.63. The van der Waals surface area contributed by atoms with Crippen LogP contribution in [0.25, 0.3) is 11.1 Å². The largest absolute Gasteiger partial charge is 0.399 e. The van der Waals surface area contributed by atoms with Gasteiger partial charge in [-0.05, 0) is 17.7 Å². The highest BCUT2D eigenvalue weighted by Crippen LogP contribution is 2.31. The summed E-state index contributed by atoms with van der Waals surface area (Å²) in [6.45, 7) is 0. The smallest absolute Gasteiger partial charge is 0.277 e. The molecule has 0 heterocycles. The number of hydrogen-bond donors (Lipinski definition) is 1. The molecule has 0 saturated carbocycles. The number of nitrogens with two attached hydrogens (primary N) is 1. The Morgan fingerprint density at radius 2 is 1.75 bits per heavy atom. The van der Waals surface area contributed by atoms with E-state index >= 15 is 0 Å². The maximum absolute atomic E-state index is 10.9. The van der Waals surface area contributed by atoms with E-state index in [4.69, 9.17) is 5.73 Å². The van der Waals surface area contributed by atoms with Crippen molar-refractivity contribution in [2.75, 3.05) is 5.73 Å². The van der Waals surface area contributed by atoms with Crippen LogP contribution in [0, 0.1) is 10.1 Å². The minimum atomic E-state index is -0.401. The lowest BCUT2D eigenvalue weighted by molar-refractivity contribution is -0.384. The number of nitro benzene ring substituents is 1. The van der Waals surface area contributed by atoms with Crippen molar-refractivity contribution in [2.24, 2.45) is 0 Å². The minimum absolute atomic E-state index is 0.0698. The Labute approximate surface area is 92.5 Å². The van der Waals surface area contributed by atoms with Crippen molar-refractivity contribution in [3.8, 4) is 11.1 Å². The van der Waals surface area contributed by atoms with Crippen molar-refractivity contribution in [1.82, 2.24) is 0 Å². The van der Waals surface area contributed by atoms with E-state index in [1.165, 1.54) is 12.1 Å². The molecule has 2 aromatic carbocycles. The number of benzene rings is 2. The van der Waals surface area contributed by atoms with Crippen LogP contribution in [-0.4, -0.2) is 4.92 Å². The Morgan fingerprint density at radius 3 is 2.38 bits per heavy atom. The van der Waals surface area contributed by atoms with Crippen molar-refractivity contribution in [3.05, 3.63) is 58.6 Å². The Hall–Kier alpha value is -2.36. The van der Waals surface area contributed by atoms with E-state index in [0.29, 0.717) is 11.3 Å². The first-order chi connectivity index (χ1) is 7.68. The van der Waals surface area contributed by atoms with E-state index in [-0.39, 0.29) is 5.69 Å². The molecule has 4 heteroatoms. The fraction of sp³-hybridized carbons (Fsp3) is 0. The summed E-state index contributed by atoms with van der Waals surface area (Å²) in [5.41, 5.74) is 7.57. The number of nitrogens with zero attached hydrogens (tertiary/aromatic N) is 1. The summed E-state index contributed by atoms with van der Waals surface area (Å²) in [5, 5.41) is 10.9. The lowest BCUT2D eigenvalue weighted by Crippen LogP contribution is -1.94. The molecule has 2 N–H and O–H groups in total. The highest BCUT2D eigenvalue weighted by Gasteiger charge is 2.14. The van der Waals surface area contributed by atoms with Gasteiger partial charge in [0.25, 0.3) is 5.69 Å². The summed E-state index contributed by atoms with van der Waals surface area (Å²) >= 11 is 0. The van der Waals surface area contributed by atoms with Crippen LogP contribution in [0.3, 0.4) is 0 Å². The second kappa shape index (κ2) is 4.02. The van der Waals surface area contributed by atoms with Gasteiger partial charge < -0.3 is 5.73 Å². The summed E-state index contributed by atoms with van der Waals surface area (Å²) in [5.74, 6) is 0. The summed E-state index contributed by atoms with van der Waals surface area (Å²) in [6, 6.07) is 13.8.